The molecule has 0 saturated heterocycles. The summed E-state index contributed by atoms with van der Waals surface area (Å²) in [6.07, 6.45) is 0. The molecule has 0 N–H and O–H groups in total. The Balaban J connectivity index is 2.57. The van der Waals surface area contributed by atoms with Gasteiger partial charge in [0.15, 0.2) is 0 Å². The van der Waals surface area contributed by atoms with E-state index in [1.165, 1.54) is 22.9 Å². The summed E-state index contributed by atoms with van der Waals surface area (Å²) < 4.78 is 6.81. The normalized spacial score (nSPS) is 10.1. The van der Waals surface area contributed by atoms with Crippen molar-refractivity contribution in [2.45, 2.75) is 6.92 Å². The molecule has 0 unspecified atom stereocenters. The van der Waals surface area contributed by atoms with E-state index in [1.54, 1.807) is 14.0 Å². The highest BCUT2D eigenvalue weighted by molar-refractivity contribution is 6.32. The highest BCUT2D eigenvalue weighted by Gasteiger charge is 2.23. The standard InChI is InChI=1S/C12H9ClN4O3/c1-7-8(6-14)12(16(2)15-7)20-11-9(13)4-3-5-10(11)17(18)19/h3-5H,1-2H3. The van der Waals surface area contributed by atoms with Crippen molar-refractivity contribution in [2.24, 2.45) is 7.05 Å². The molecule has 2 aromatic rings. The molecule has 1 heterocycles. The number of para-hydroxylation sites is 1. The molecule has 102 valence electrons. The Morgan fingerprint density at radius 3 is 2.85 bits per heavy atom. The molecule has 0 bridgehead atoms. The zero-order chi connectivity index (χ0) is 14.9. The third-order valence-corrected chi connectivity index (χ3v) is 2.92. The second-order valence-electron chi connectivity index (χ2n) is 3.95. The van der Waals surface area contributed by atoms with E-state index in [0.717, 1.165) is 0 Å². The highest BCUT2D eigenvalue weighted by atomic mass is 35.5. The topological polar surface area (TPSA) is 94.0 Å². The number of ether oxygens (including phenoxy) is 1. The first-order valence-corrected chi connectivity index (χ1v) is 5.88. The number of hydrogen-bond donors (Lipinski definition) is 0. The Kier molecular flexibility index (Phi) is 3.59. The zero-order valence-electron chi connectivity index (χ0n) is 10.6. The van der Waals surface area contributed by atoms with Crippen LogP contribution in [0.15, 0.2) is 18.2 Å². The molecular formula is C12H9ClN4O3. The molecule has 1 aromatic carbocycles. The third-order valence-electron chi connectivity index (χ3n) is 2.62. The molecule has 0 aliphatic rings. The van der Waals surface area contributed by atoms with E-state index >= 15 is 0 Å². The minimum Gasteiger partial charge on any atom is -0.429 e. The van der Waals surface area contributed by atoms with Gasteiger partial charge in [0.1, 0.15) is 11.6 Å². The van der Waals surface area contributed by atoms with Crippen molar-refractivity contribution >= 4 is 17.3 Å². The van der Waals surface area contributed by atoms with Gasteiger partial charge in [0.2, 0.25) is 11.6 Å². The van der Waals surface area contributed by atoms with E-state index in [4.69, 9.17) is 21.6 Å². The Hall–Kier alpha value is -2.59. The average molecular weight is 293 g/mol. The number of nitro benzene ring substituents is 1. The van der Waals surface area contributed by atoms with Crippen LogP contribution in [0.5, 0.6) is 11.6 Å². The fourth-order valence-electron chi connectivity index (χ4n) is 1.72. The number of benzene rings is 1. The van der Waals surface area contributed by atoms with Gasteiger partial charge in [-0.25, -0.2) is 4.68 Å². The summed E-state index contributed by atoms with van der Waals surface area (Å²) in [6, 6.07) is 6.15. The molecule has 0 saturated carbocycles. The van der Waals surface area contributed by atoms with E-state index in [1.807, 2.05) is 6.07 Å². The first-order valence-electron chi connectivity index (χ1n) is 5.50. The lowest BCUT2D eigenvalue weighted by Gasteiger charge is -2.08. The smallest absolute Gasteiger partial charge is 0.313 e. The quantitative estimate of drug-likeness (QED) is 0.640. The van der Waals surface area contributed by atoms with Gasteiger partial charge in [-0.1, -0.05) is 17.7 Å². The summed E-state index contributed by atoms with van der Waals surface area (Å²) in [4.78, 5) is 10.4. The first kappa shape index (κ1) is 13.8. The lowest BCUT2D eigenvalue weighted by Crippen LogP contribution is -1.99. The second kappa shape index (κ2) is 5.19. The van der Waals surface area contributed by atoms with Gasteiger partial charge in [-0.2, -0.15) is 10.4 Å². The summed E-state index contributed by atoms with van der Waals surface area (Å²) in [5.74, 6) is -0.000123. The second-order valence-corrected chi connectivity index (χ2v) is 4.36. The van der Waals surface area contributed by atoms with Crippen LogP contribution >= 0.6 is 11.6 Å². The van der Waals surface area contributed by atoms with E-state index in [0.29, 0.717) is 5.69 Å². The number of nitro groups is 1. The molecule has 0 amide bonds. The summed E-state index contributed by atoms with van der Waals surface area (Å²) in [5, 5.41) is 24.2. The van der Waals surface area contributed by atoms with E-state index < -0.39 is 4.92 Å². The van der Waals surface area contributed by atoms with Crippen LogP contribution in [0.1, 0.15) is 11.3 Å². The van der Waals surface area contributed by atoms with E-state index in [-0.39, 0.29) is 27.9 Å². The van der Waals surface area contributed by atoms with Gasteiger partial charge in [-0.3, -0.25) is 10.1 Å². The van der Waals surface area contributed by atoms with Gasteiger partial charge in [-0.15, -0.1) is 0 Å². The van der Waals surface area contributed by atoms with Crippen LogP contribution in [-0.2, 0) is 7.05 Å². The van der Waals surface area contributed by atoms with Gasteiger partial charge in [-0.05, 0) is 13.0 Å². The van der Waals surface area contributed by atoms with Crippen LogP contribution in [0.25, 0.3) is 0 Å². The number of aromatic nitrogens is 2. The van der Waals surface area contributed by atoms with Crippen molar-refractivity contribution in [3.63, 3.8) is 0 Å². The van der Waals surface area contributed by atoms with Crippen LogP contribution in [0.4, 0.5) is 5.69 Å². The Bertz CT molecular complexity index is 733. The van der Waals surface area contributed by atoms with Crippen LogP contribution in [0, 0.1) is 28.4 Å². The zero-order valence-corrected chi connectivity index (χ0v) is 11.4. The number of aryl methyl sites for hydroxylation is 2. The number of nitriles is 1. The number of halogens is 1. The molecule has 0 aliphatic carbocycles. The van der Waals surface area contributed by atoms with Gasteiger partial charge in [0.25, 0.3) is 0 Å². The number of nitrogens with zero attached hydrogens (tertiary/aromatic N) is 4. The SMILES string of the molecule is Cc1nn(C)c(Oc2c(Cl)cccc2[N+](=O)[O-])c1C#N. The van der Waals surface area contributed by atoms with Gasteiger partial charge >= 0.3 is 5.69 Å². The van der Waals surface area contributed by atoms with Crippen LogP contribution in [0.3, 0.4) is 0 Å². The number of rotatable bonds is 3. The maximum absolute atomic E-state index is 11.0. The molecule has 1 aromatic heterocycles. The molecule has 7 nitrogen and oxygen atoms in total. The fourth-order valence-corrected chi connectivity index (χ4v) is 1.93. The summed E-state index contributed by atoms with van der Waals surface area (Å²) in [6.45, 7) is 1.65. The van der Waals surface area contributed by atoms with Crippen LogP contribution < -0.4 is 4.74 Å². The van der Waals surface area contributed by atoms with Crippen molar-refractivity contribution in [1.82, 2.24) is 9.78 Å². The minimum absolute atomic E-state index is 0.0851. The van der Waals surface area contributed by atoms with Crippen molar-refractivity contribution in [3.05, 3.63) is 44.6 Å². The molecule has 0 spiro atoms. The number of hydrogen-bond acceptors (Lipinski definition) is 5. The Morgan fingerprint density at radius 1 is 1.55 bits per heavy atom. The molecule has 8 heteroatoms. The van der Waals surface area contributed by atoms with Crippen molar-refractivity contribution in [3.8, 4) is 17.7 Å². The average Bonchev–Trinajstić information content (AvgIpc) is 2.65. The Labute approximate surface area is 119 Å². The first-order chi connectivity index (χ1) is 9.45. The molecule has 0 radical (unpaired) electrons. The van der Waals surface area contributed by atoms with Crippen molar-refractivity contribution in [2.75, 3.05) is 0 Å². The lowest BCUT2D eigenvalue weighted by molar-refractivity contribution is -0.385. The highest BCUT2D eigenvalue weighted by Crippen LogP contribution is 2.38. The summed E-state index contributed by atoms with van der Waals surface area (Å²) >= 11 is 5.94. The molecule has 2 rings (SSSR count). The van der Waals surface area contributed by atoms with E-state index in [2.05, 4.69) is 5.10 Å². The maximum Gasteiger partial charge on any atom is 0.313 e. The van der Waals surface area contributed by atoms with Crippen LogP contribution in [0.2, 0.25) is 5.02 Å². The fraction of sp³-hybridized carbons (Fsp3) is 0.167. The predicted octanol–water partition coefficient (Wildman–Crippen LogP) is 2.95. The molecule has 0 fully saturated rings. The van der Waals surface area contributed by atoms with Gasteiger partial charge < -0.3 is 4.74 Å². The Morgan fingerprint density at radius 2 is 2.25 bits per heavy atom. The summed E-state index contributed by atoms with van der Waals surface area (Å²) in [7, 11) is 1.58. The predicted molar refractivity (Wildman–Crippen MR) is 70.8 cm³/mol. The van der Waals surface area contributed by atoms with E-state index in [9.17, 15) is 10.1 Å². The minimum atomic E-state index is -0.601. The van der Waals surface area contributed by atoms with Crippen LogP contribution in [-0.4, -0.2) is 14.7 Å². The molecular weight excluding hydrogens is 284 g/mol. The lowest BCUT2D eigenvalue weighted by atomic mass is 10.2. The van der Waals surface area contributed by atoms with Gasteiger partial charge in [0.05, 0.1) is 15.6 Å². The molecule has 0 aliphatic heterocycles. The van der Waals surface area contributed by atoms with Crippen molar-refractivity contribution in [1.29, 1.82) is 5.26 Å². The largest absolute Gasteiger partial charge is 0.429 e. The van der Waals surface area contributed by atoms with Gasteiger partial charge in [0, 0.05) is 13.1 Å². The van der Waals surface area contributed by atoms with Crippen molar-refractivity contribution < 1.29 is 9.66 Å². The molecule has 0 atom stereocenters. The monoisotopic (exact) mass is 292 g/mol. The summed E-state index contributed by atoms with van der Waals surface area (Å²) in [5.41, 5.74) is 0.404. The maximum atomic E-state index is 11.0. The molecule has 20 heavy (non-hydrogen) atoms. The third kappa shape index (κ3) is 2.29.